The summed E-state index contributed by atoms with van der Waals surface area (Å²) >= 11 is 0. The quantitative estimate of drug-likeness (QED) is 0.690. The molecule has 136 valence electrons. The molecule has 0 unspecified atom stereocenters. The number of sulfonamides is 1. The Balaban J connectivity index is 1.88. The third-order valence-electron chi connectivity index (χ3n) is 3.43. The second kappa shape index (κ2) is 8.61. The molecule has 1 aliphatic rings. The first-order chi connectivity index (χ1) is 11.4. The minimum absolute atomic E-state index is 0.0217. The highest BCUT2D eigenvalue weighted by Gasteiger charge is 2.29. The molecule has 0 aromatic carbocycles. The van der Waals surface area contributed by atoms with Crippen molar-refractivity contribution in [3.8, 4) is 0 Å². The highest BCUT2D eigenvalue weighted by atomic mass is 32.2. The largest absolute Gasteiger partial charge is 0.438 e. The molecule has 1 fully saturated rings. The van der Waals surface area contributed by atoms with E-state index in [1.54, 1.807) is 0 Å². The maximum absolute atomic E-state index is 12.4. The van der Waals surface area contributed by atoms with Crippen molar-refractivity contribution >= 4 is 15.9 Å². The number of morpholine rings is 1. The topological polar surface area (TPSA) is 98.1 Å². The van der Waals surface area contributed by atoms with Gasteiger partial charge in [-0.2, -0.15) is 4.31 Å². The highest BCUT2D eigenvalue weighted by Crippen LogP contribution is 2.19. The van der Waals surface area contributed by atoms with E-state index in [0.29, 0.717) is 32.8 Å². The first-order valence-electron chi connectivity index (χ1n) is 7.99. The fourth-order valence-corrected chi connectivity index (χ4v) is 3.49. The van der Waals surface area contributed by atoms with Crippen LogP contribution in [0.5, 0.6) is 0 Å². The van der Waals surface area contributed by atoms with Crippen molar-refractivity contribution in [3.05, 3.63) is 17.9 Å². The average Bonchev–Trinajstić information content (AvgIpc) is 3.06. The predicted octanol–water partition coefficient (Wildman–Crippen LogP) is 0.845. The standard InChI is InChI=1S/C15H24N2O6S/c1-12(2)22-9-3-6-16-15(18)13-4-5-14(23-13)24(19,20)17-7-10-21-11-8-17/h4-5,12H,3,6-11H2,1-2H3,(H,16,18). The molecule has 0 radical (unpaired) electrons. The molecule has 0 saturated carbocycles. The minimum Gasteiger partial charge on any atom is -0.438 e. The van der Waals surface area contributed by atoms with E-state index in [1.807, 2.05) is 13.8 Å². The number of furan rings is 1. The van der Waals surface area contributed by atoms with Crippen molar-refractivity contribution in [1.29, 1.82) is 0 Å². The zero-order valence-corrected chi connectivity index (χ0v) is 14.8. The van der Waals surface area contributed by atoms with Gasteiger partial charge in [-0.3, -0.25) is 4.79 Å². The number of nitrogens with one attached hydrogen (secondary N) is 1. The summed E-state index contributed by atoms with van der Waals surface area (Å²) in [5.41, 5.74) is 0. The van der Waals surface area contributed by atoms with Crippen molar-refractivity contribution in [3.63, 3.8) is 0 Å². The molecule has 8 nitrogen and oxygen atoms in total. The van der Waals surface area contributed by atoms with Crippen LogP contribution in [0.3, 0.4) is 0 Å². The zero-order valence-electron chi connectivity index (χ0n) is 14.0. The van der Waals surface area contributed by atoms with Crippen LogP contribution in [0, 0.1) is 0 Å². The number of hydrogen-bond donors (Lipinski definition) is 1. The number of ether oxygens (including phenoxy) is 2. The molecule has 9 heteroatoms. The molecule has 1 aromatic rings. The van der Waals surface area contributed by atoms with Crippen molar-refractivity contribution in [2.45, 2.75) is 31.5 Å². The number of nitrogens with zero attached hydrogens (tertiary/aromatic N) is 1. The van der Waals surface area contributed by atoms with Gasteiger partial charge in [0.1, 0.15) is 0 Å². The Hall–Kier alpha value is -1.42. The van der Waals surface area contributed by atoms with Gasteiger partial charge in [0.2, 0.25) is 5.09 Å². The van der Waals surface area contributed by atoms with Crippen molar-refractivity contribution < 1.29 is 27.1 Å². The van der Waals surface area contributed by atoms with Crippen molar-refractivity contribution in [2.24, 2.45) is 0 Å². The van der Waals surface area contributed by atoms with Gasteiger partial charge in [-0.1, -0.05) is 0 Å². The third kappa shape index (κ3) is 5.04. The summed E-state index contributed by atoms with van der Waals surface area (Å²) in [6.07, 6.45) is 0.822. The molecule has 0 spiro atoms. The fourth-order valence-electron chi connectivity index (χ4n) is 2.18. The molecule has 0 bridgehead atoms. The van der Waals surface area contributed by atoms with Crippen molar-refractivity contribution in [2.75, 3.05) is 39.5 Å². The summed E-state index contributed by atoms with van der Waals surface area (Å²) in [5.74, 6) is -0.463. The summed E-state index contributed by atoms with van der Waals surface area (Å²) in [5, 5.41) is 2.45. The molecule has 1 saturated heterocycles. The van der Waals surface area contributed by atoms with Gasteiger partial charge in [0.15, 0.2) is 5.76 Å². The summed E-state index contributed by atoms with van der Waals surface area (Å²) in [6.45, 7) is 6.12. The number of amides is 1. The lowest BCUT2D eigenvalue weighted by Gasteiger charge is -2.24. The van der Waals surface area contributed by atoms with Crippen LogP contribution in [0.4, 0.5) is 0 Å². The maximum atomic E-state index is 12.4. The second-order valence-electron chi connectivity index (χ2n) is 5.66. The van der Waals surface area contributed by atoms with Gasteiger partial charge in [0.05, 0.1) is 19.3 Å². The smallest absolute Gasteiger partial charge is 0.287 e. The highest BCUT2D eigenvalue weighted by molar-refractivity contribution is 7.89. The van der Waals surface area contributed by atoms with Crippen LogP contribution in [-0.2, 0) is 19.5 Å². The average molecular weight is 360 g/mol. The lowest BCUT2D eigenvalue weighted by molar-refractivity contribution is 0.0721. The fraction of sp³-hybridized carbons (Fsp3) is 0.667. The monoisotopic (exact) mass is 360 g/mol. The Morgan fingerprint density at radius 3 is 2.71 bits per heavy atom. The van der Waals surface area contributed by atoms with E-state index >= 15 is 0 Å². The van der Waals surface area contributed by atoms with Crippen LogP contribution >= 0.6 is 0 Å². The van der Waals surface area contributed by atoms with Gasteiger partial charge in [-0.15, -0.1) is 0 Å². The number of carbonyl (C=O) groups is 1. The molecule has 1 aromatic heterocycles. The zero-order chi connectivity index (χ0) is 17.6. The van der Waals surface area contributed by atoms with E-state index in [-0.39, 0.29) is 30.0 Å². The Morgan fingerprint density at radius 2 is 2.04 bits per heavy atom. The van der Waals surface area contributed by atoms with Crippen LogP contribution in [0.2, 0.25) is 0 Å². The summed E-state index contributed by atoms with van der Waals surface area (Å²) in [7, 11) is -3.73. The Labute approximate surface area is 142 Å². The first kappa shape index (κ1) is 18.9. The molecule has 0 aliphatic carbocycles. The molecular weight excluding hydrogens is 336 g/mol. The maximum Gasteiger partial charge on any atom is 0.287 e. The van der Waals surface area contributed by atoms with Gasteiger partial charge in [-0.05, 0) is 32.4 Å². The van der Waals surface area contributed by atoms with Crippen molar-refractivity contribution in [1.82, 2.24) is 9.62 Å². The molecule has 24 heavy (non-hydrogen) atoms. The van der Waals surface area contributed by atoms with Crippen LogP contribution in [0.1, 0.15) is 30.8 Å². The normalized spacial score (nSPS) is 16.5. The molecule has 1 amide bonds. The van der Waals surface area contributed by atoms with Gasteiger partial charge in [0, 0.05) is 26.2 Å². The van der Waals surface area contributed by atoms with Crippen LogP contribution in [0.15, 0.2) is 21.6 Å². The van der Waals surface area contributed by atoms with Crippen LogP contribution < -0.4 is 5.32 Å². The lowest BCUT2D eigenvalue weighted by atomic mass is 10.4. The molecule has 2 heterocycles. The van der Waals surface area contributed by atoms with Gasteiger partial charge >= 0.3 is 0 Å². The van der Waals surface area contributed by atoms with Crippen LogP contribution in [-0.4, -0.2) is 64.2 Å². The summed E-state index contributed by atoms with van der Waals surface area (Å²) in [4.78, 5) is 12.0. The molecule has 1 aliphatic heterocycles. The van der Waals surface area contributed by atoms with Gasteiger partial charge < -0.3 is 19.2 Å². The molecule has 0 atom stereocenters. The number of hydrogen-bond acceptors (Lipinski definition) is 6. The molecule has 1 N–H and O–H groups in total. The van der Waals surface area contributed by atoms with E-state index in [9.17, 15) is 13.2 Å². The first-order valence-corrected chi connectivity index (χ1v) is 9.43. The Bertz CT molecular complexity index is 634. The summed E-state index contributed by atoms with van der Waals surface area (Å²) in [6, 6.07) is 2.68. The second-order valence-corrected chi connectivity index (χ2v) is 7.53. The third-order valence-corrected chi connectivity index (χ3v) is 5.20. The van der Waals surface area contributed by atoms with E-state index in [1.165, 1.54) is 16.4 Å². The van der Waals surface area contributed by atoms with Gasteiger partial charge in [0.25, 0.3) is 15.9 Å². The number of carbonyl (C=O) groups excluding carboxylic acids is 1. The SMILES string of the molecule is CC(C)OCCCNC(=O)c1ccc(S(=O)(=O)N2CCOCC2)o1. The van der Waals surface area contributed by atoms with E-state index in [2.05, 4.69) is 5.32 Å². The minimum atomic E-state index is -3.73. The summed E-state index contributed by atoms with van der Waals surface area (Å²) < 4.78 is 41.9. The van der Waals surface area contributed by atoms with Gasteiger partial charge in [-0.25, -0.2) is 8.42 Å². The Kier molecular flexibility index (Phi) is 6.79. The lowest BCUT2D eigenvalue weighted by Crippen LogP contribution is -2.40. The van der Waals surface area contributed by atoms with E-state index in [4.69, 9.17) is 13.9 Å². The molecule has 2 rings (SSSR count). The predicted molar refractivity (Wildman–Crippen MR) is 86.3 cm³/mol. The number of rotatable bonds is 8. The van der Waals surface area contributed by atoms with Crippen LogP contribution in [0.25, 0.3) is 0 Å². The molecular formula is C15H24N2O6S. The van der Waals surface area contributed by atoms with E-state index in [0.717, 1.165) is 0 Å². The Morgan fingerprint density at radius 1 is 1.33 bits per heavy atom. The van der Waals surface area contributed by atoms with E-state index < -0.39 is 15.9 Å².